The SMILES string of the molecule is CC1(C(=O)O)C=CCC(C(=O)O)(C(F)F)C1c1ccccc1-c1ccc(SC(F)(F)F)cc1. The second-order valence-electron chi connectivity index (χ2n) is 7.93. The monoisotopic (exact) mass is 486 g/mol. The molecule has 2 aromatic carbocycles. The normalized spacial score (nSPS) is 25.2. The highest BCUT2D eigenvalue weighted by molar-refractivity contribution is 8.00. The average molecular weight is 486 g/mol. The van der Waals surface area contributed by atoms with Crippen LogP contribution in [0.3, 0.4) is 0 Å². The summed E-state index contributed by atoms with van der Waals surface area (Å²) in [5.74, 6) is -4.96. The molecule has 0 aromatic heterocycles. The number of benzene rings is 2. The Bertz CT molecular complexity index is 1080. The molecule has 0 spiro atoms. The number of aliphatic carboxylic acids is 2. The largest absolute Gasteiger partial charge is 0.481 e. The third-order valence-electron chi connectivity index (χ3n) is 5.95. The fourth-order valence-corrected chi connectivity index (χ4v) is 4.95. The highest BCUT2D eigenvalue weighted by Crippen LogP contribution is 2.58. The number of allylic oxidation sites excluding steroid dienone is 1. The maximum Gasteiger partial charge on any atom is 0.446 e. The molecule has 0 fully saturated rings. The van der Waals surface area contributed by atoms with E-state index in [-0.39, 0.29) is 27.8 Å². The van der Waals surface area contributed by atoms with Crippen molar-refractivity contribution in [2.24, 2.45) is 10.8 Å². The lowest BCUT2D eigenvalue weighted by molar-refractivity contribution is -0.170. The van der Waals surface area contributed by atoms with Gasteiger partial charge in [0.05, 0.1) is 5.41 Å². The third kappa shape index (κ3) is 4.48. The molecule has 4 nitrogen and oxygen atoms in total. The van der Waals surface area contributed by atoms with E-state index in [4.69, 9.17) is 0 Å². The van der Waals surface area contributed by atoms with Gasteiger partial charge >= 0.3 is 17.4 Å². The first-order chi connectivity index (χ1) is 15.3. The number of hydrogen-bond donors (Lipinski definition) is 2. The molecule has 0 saturated heterocycles. The molecule has 0 saturated carbocycles. The van der Waals surface area contributed by atoms with E-state index in [2.05, 4.69) is 0 Å². The highest BCUT2D eigenvalue weighted by atomic mass is 32.2. The van der Waals surface area contributed by atoms with Crippen molar-refractivity contribution >= 4 is 23.7 Å². The summed E-state index contributed by atoms with van der Waals surface area (Å²) in [4.78, 5) is 24.4. The van der Waals surface area contributed by atoms with Crippen LogP contribution in [-0.4, -0.2) is 34.1 Å². The minimum atomic E-state index is -4.49. The molecule has 0 bridgehead atoms. The van der Waals surface area contributed by atoms with Crippen molar-refractivity contribution in [3.8, 4) is 11.1 Å². The van der Waals surface area contributed by atoms with Gasteiger partial charge in [0, 0.05) is 10.8 Å². The van der Waals surface area contributed by atoms with Crippen LogP contribution in [0, 0.1) is 10.8 Å². The van der Waals surface area contributed by atoms with Crippen molar-refractivity contribution in [3.05, 3.63) is 66.2 Å². The summed E-state index contributed by atoms with van der Waals surface area (Å²) in [6, 6.07) is 11.0. The molecule has 2 aromatic rings. The van der Waals surface area contributed by atoms with Crippen molar-refractivity contribution in [2.45, 2.75) is 36.1 Å². The first-order valence-corrected chi connectivity index (χ1v) is 10.5. The van der Waals surface area contributed by atoms with E-state index < -0.39 is 47.0 Å². The Morgan fingerprint density at radius 1 is 1.03 bits per heavy atom. The zero-order valence-electron chi connectivity index (χ0n) is 17.1. The van der Waals surface area contributed by atoms with Crippen LogP contribution < -0.4 is 0 Å². The second kappa shape index (κ2) is 8.81. The van der Waals surface area contributed by atoms with Gasteiger partial charge in [-0.3, -0.25) is 9.59 Å². The number of thioether (sulfide) groups is 1. The lowest BCUT2D eigenvalue weighted by Crippen LogP contribution is -2.53. The van der Waals surface area contributed by atoms with E-state index in [1.165, 1.54) is 55.5 Å². The van der Waals surface area contributed by atoms with Crippen LogP contribution in [0.15, 0.2) is 65.6 Å². The summed E-state index contributed by atoms with van der Waals surface area (Å²) in [5.41, 5.74) is -8.52. The van der Waals surface area contributed by atoms with E-state index in [0.29, 0.717) is 5.56 Å². The number of carbonyl (C=O) groups is 2. The molecule has 3 unspecified atom stereocenters. The lowest BCUT2D eigenvalue weighted by Gasteiger charge is -2.46. The molecule has 176 valence electrons. The van der Waals surface area contributed by atoms with Crippen LogP contribution in [-0.2, 0) is 9.59 Å². The molecule has 1 aliphatic rings. The average Bonchev–Trinajstić information content (AvgIpc) is 2.72. The van der Waals surface area contributed by atoms with Gasteiger partial charge in [0.25, 0.3) is 6.43 Å². The van der Waals surface area contributed by atoms with Gasteiger partial charge in [0.1, 0.15) is 5.41 Å². The zero-order chi connectivity index (χ0) is 24.6. The second-order valence-corrected chi connectivity index (χ2v) is 9.07. The molecular weight excluding hydrogens is 467 g/mol. The first-order valence-electron chi connectivity index (χ1n) is 9.70. The van der Waals surface area contributed by atoms with Crippen molar-refractivity contribution < 1.29 is 41.8 Å². The number of carboxylic acid groups (broad SMARTS) is 2. The quantitative estimate of drug-likeness (QED) is 0.279. The summed E-state index contributed by atoms with van der Waals surface area (Å²) in [6.45, 7) is 1.19. The number of rotatable bonds is 6. The Labute approximate surface area is 190 Å². The molecule has 33 heavy (non-hydrogen) atoms. The Kier molecular flexibility index (Phi) is 6.61. The van der Waals surface area contributed by atoms with Gasteiger partial charge in [-0.2, -0.15) is 13.2 Å². The van der Waals surface area contributed by atoms with E-state index >= 15 is 0 Å². The third-order valence-corrected chi connectivity index (χ3v) is 6.69. The predicted octanol–water partition coefficient (Wildman–Crippen LogP) is 6.44. The molecule has 1 aliphatic carbocycles. The van der Waals surface area contributed by atoms with Crippen LogP contribution >= 0.6 is 11.8 Å². The Morgan fingerprint density at radius 3 is 2.15 bits per heavy atom. The minimum absolute atomic E-state index is 0.0608. The van der Waals surface area contributed by atoms with Gasteiger partial charge in [0.15, 0.2) is 0 Å². The lowest BCUT2D eigenvalue weighted by atomic mass is 9.55. The van der Waals surface area contributed by atoms with Crippen LogP contribution in [0.5, 0.6) is 0 Å². The zero-order valence-corrected chi connectivity index (χ0v) is 18.0. The van der Waals surface area contributed by atoms with Gasteiger partial charge in [-0.05, 0) is 53.9 Å². The van der Waals surface area contributed by atoms with E-state index in [0.717, 1.165) is 6.08 Å². The number of hydrogen-bond acceptors (Lipinski definition) is 3. The van der Waals surface area contributed by atoms with E-state index in [1.54, 1.807) is 6.07 Å². The van der Waals surface area contributed by atoms with Gasteiger partial charge in [-0.15, -0.1) is 0 Å². The van der Waals surface area contributed by atoms with Crippen LogP contribution in [0.1, 0.15) is 24.8 Å². The van der Waals surface area contributed by atoms with Crippen LogP contribution in [0.2, 0.25) is 0 Å². The molecule has 2 N–H and O–H groups in total. The van der Waals surface area contributed by atoms with Crippen molar-refractivity contribution in [1.82, 2.24) is 0 Å². The standard InChI is InChI=1S/C23H19F5O4S/c1-21(19(29)30)11-4-12-22(18(24)25,20(31)32)17(21)16-6-3-2-5-15(16)13-7-9-14(10-8-13)33-23(26,27)28/h2-11,17-18H,12H2,1H3,(H,29,30)(H,31,32). The Morgan fingerprint density at radius 2 is 1.64 bits per heavy atom. The Balaban J connectivity index is 2.23. The summed E-state index contributed by atoms with van der Waals surface area (Å²) in [7, 11) is 0. The maximum absolute atomic E-state index is 14.4. The number of alkyl halides is 5. The van der Waals surface area contributed by atoms with E-state index in [9.17, 15) is 41.8 Å². The van der Waals surface area contributed by atoms with Gasteiger partial charge in [0.2, 0.25) is 0 Å². The fraction of sp³-hybridized carbons (Fsp3) is 0.304. The van der Waals surface area contributed by atoms with Gasteiger partial charge in [-0.1, -0.05) is 48.6 Å². The van der Waals surface area contributed by atoms with Crippen molar-refractivity contribution in [2.75, 3.05) is 0 Å². The summed E-state index contributed by atoms with van der Waals surface area (Å²) in [6.07, 6.45) is -1.59. The van der Waals surface area contributed by atoms with E-state index in [1.807, 2.05) is 0 Å². The topological polar surface area (TPSA) is 74.6 Å². The molecule has 0 amide bonds. The minimum Gasteiger partial charge on any atom is -0.481 e. The summed E-state index contributed by atoms with van der Waals surface area (Å²) < 4.78 is 66.7. The van der Waals surface area contributed by atoms with Gasteiger partial charge < -0.3 is 10.2 Å². The molecule has 10 heteroatoms. The molecule has 0 heterocycles. The molecule has 0 aliphatic heterocycles. The Hall–Kier alpha value is -2.88. The first kappa shape index (κ1) is 24.8. The van der Waals surface area contributed by atoms with Crippen molar-refractivity contribution in [1.29, 1.82) is 0 Å². The number of halogens is 5. The predicted molar refractivity (Wildman–Crippen MR) is 112 cm³/mol. The molecule has 3 atom stereocenters. The summed E-state index contributed by atoms with van der Waals surface area (Å²) in [5, 5.41) is 19.8. The smallest absolute Gasteiger partial charge is 0.446 e. The fourth-order valence-electron chi connectivity index (χ4n) is 4.41. The maximum atomic E-state index is 14.4. The molecule has 3 rings (SSSR count). The highest BCUT2D eigenvalue weighted by Gasteiger charge is 2.63. The van der Waals surface area contributed by atoms with Crippen LogP contribution in [0.25, 0.3) is 11.1 Å². The van der Waals surface area contributed by atoms with Crippen molar-refractivity contribution in [3.63, 3.8) is 0 Å². The van der Waals surface area contributed by atoms with Gasteiger partial charge in [-0.25, -0.2) is 8.78 Å². The molecular formula is C23H19F5O4S. The summed E-state index contributed by atoms with van der Waals surface area (Å²) >= 11 is -0.316. The van der Waals surface area contributed by atoms with Crippen LogP contribution in [0.4, 0.5) is 22.0 Å². The molecule has 0 radical (unpaired) electrons. The number of carboxylic acids is 2.